The Balaban J connectivity index is 2.13. The highest BCUT2D eigenvalue weighted by atomic mass is 16.5. The topological polar surface area (TPSA) is 21.3 Å². The van der Waals surface area contributed by atoms with Gasteiger partial charge in [-0.05, 0) is 79.3 Å². The second kappa shape index (κ2) is 5.53. The van der Waals surface area contributed by atoms with Crippen molar-refractivity contribution in [2.45, 2.75) is 32.7 Å². The van der Waals surface area contributed by atoms with Gasteiger partial charge >= 0.3 is 0 Å². The van der Waals surface area contributed by atoms with E-state index in [4.69, 9.17) is 4.74 Å². The van der Waals surface area contributed by atoms with E-state index in [-0.39, 0.29) is 0 Å². The predicted octanol–water partition coefficient (Wildman–Crippen LogP) is 4.19. The van der Waals surface area contributed by atoms with Crippen LogP contribution in [0.4, 0.5) is 0 Å². The van der Waals surface area contributed by atoms with Gasteiger partial charge in [-0.2, -0.15) is 0 Å². The molecule has 1 N–H and O–H groups in total. The van der Waals surface area contributed by atoms with Gasteiger partial charge in [-0.15, -0.1) is 0 Å². The van der Waals surface area contributed by atoms with Gasteiger partial charge in [0.1, 0.15) is 5.75 Å². The van der Waals surface area contributed by atoms with Gasteiger partial charge in [-0.1, -0.05) is 18.2 Å². The van der Waals surface area contributed by atoms with E-state index < -0.39 is 0 Å². The van der Waals surface area contributed by atoms with E-state index in [0.29, 0.717) is 6.04 Å². The molecule has 1 unspecified atom stereocenters. The molecule has 0 saturated heterocycles. The average Bonchev–Trinajstić information content (AvgIpc) is 2.89. The van der Waals surface area contributed by atoms with Crippen molar-refractivity contribution in [2.75, 3.05) is 14.2 Å². The first kappa shape index (κ1) is 14.2. The van der Waals surface area contributed by atoms with Crippen LogP contribution in [-0.2, 0) is 6.42 Å². The molecule has 0 saturated carbocycles. The second-order valence-electron chi connectivity index (χ2n) is 5.90. The highest BCUT2D eigenvalue weighted by Crippen LogP contribution is 2.39. The third kappa shape index (κ3) is 2.34. The zero-order valence-corrected chi connectivity index (χ0v) is 13.3. The van der Waals surface area contributed by atoms with Crippen LogP contribution in [0.15, 0.2) is 30.3 Å². The van der Waals surface area contributed by atoms with Gasteiger partial charge in [0, 0.05) is 6.04 Å². The van der Waals surface area contributed by atoms with Crippen LogP contribution in [-0.4, -0.2) is 14.2 Å². The van der Waals surface area contributed by atoms with Crippen LogP contribution < -0.4 is 10.1 Å². The lowest BCUT2D eigenvalue weighted by atomic mass is 9.93. The van der Waals surface area contributed by atoms with Gasteiger partial charge in [0.2, 0.25) is 0 Å². The van der Waals surface area contributed by atoms with Gasteiger partial charge in [-0.3, -0.25) is 0 Å². The molecule has 0 heterocycles. The van der Waals surface area contributed by atoms with E-state index >= 15 is 0 Å². The molecule has 2 aromatic rings. The summed E-state index contributed by atoms with van der Waals surface area (Å²) in [4.78, 5) is 0. The minimum absolute atomic E-state index is 0.500. The van der Waals surface area contributed by atoms with E-state index in [1.165, 1.54) is 39.8 Å². The predicted molar refractivity (Wildman–Crippen MR) is 88.0 cm³/mol. The van der Waals surface area contributed by atoms with Crippen molar-refractivity contribution >= 4 is 0 Å². The fourth-order valence-electron chi connectivity index (χ4n) is 3.65. The van der Waals surface area contributed by atoms with E-state index in [9.17, 15) is 0 Å². The van der Waals surface area contributed by atoms with Crippen molar-refractivity contribution < 1.29 is 4.74 Å². The maximum Gasteiger partial charge on any atom is 0.124 e. The molecule has 1 aliphatic rings. The van der Waals surface area contributed by atoms with Crippen LogP contribution in [0.25, 0.3) is 11.1 Å². The minimum atomic E-state index is 0.500. The summed E-state index contributed by atoms with van der Waals surface area (Å²) in [6.07, 6.45) is 2.35. The molecule has 0 radical (unpaired) electrons. The SMILES string of the molecule is CNC1CCc2c(-c3cc(C)c(OC)c(C)c3)cccc21. The van der Waals surface area contributed by atoms with Crippen molar-refractivity contribution in [3.05, 3.63) is 52.6 Å². The van der Waals surface area contributed by atoms with E-state index in [1.807, 2.05) is 7.05 Å². The number of ether oxygens (including phenoxy) is 1. The van der Waals surface area contributed by atoms with Gasteiger partial charge in [0.05, 0.1) is 7.11 Å². The van der Waals surface area contributed by atoms with Crippen LogP contribution in [0.2, 0.25) is 0 Å². The Morgan fingerprint density at radius 1 is 1.14 bits per heavy atom. The molecule has 0 aliphatic heterocycles. The molecule has 0 amide bonds. The van der Waals surface area contributed by atoms with Crippen molar-refractivity contribution in [2.24, 2.45) is 0 Å². The Kier molecular flexibility index (Phi) is 3.73. The van der Waals surface area contributed by atoms with Crippen molar-refractivity contribution in [1.29, 1.82) is 0 Å². The number of fused-ring (bicyclic) bond motifs is 1. The standard InChI is InChI=1S/C19H23NO/c1-12-10-14(11-13(2)19(12)21-4)15-6-5-7-17-16(15)8-9-18(17)20-3/h5-7,10-11,18,20H,8-9H2,1-4H3. The number of rotatable bonds is 3. The average molecular weight is 281 g/mol. The van der Waals surface area contributed by atoms with Crippen LogP contribution in [0.5, 0.6) is 5.75 Å². The summed E-state index contributed by atoms with van der Waals surface area (Å²) in [5.41, 5.74) is 8.04. The molecule has 3 rings (SSSR count). The Hall–Kier alpha value is -1.80. The summed E-state index contributed by atoms with van der Waals surface area (Å²) < 4.78 is 5.48. The summed E-state index contributed by atoms with van der Waals surface area (Å²) in [6, 6.07) is 11.7. The van der Waals surface area contributed by atoms with Gasteiger partial charge in [0.25, 0.3) is 0 Å². The smallest absolute Gasteiger partial charge is 0.124 e. The molecule has 2 nitrogen and oxygen atoms in total. The lowest BCUT2D eigenvalue weighted by Gasteiger charge is -2.15. The van der Waals surface area contributed by atoms with Gasteiger partial charge in [-0.25, -0.2) is 0 Å². The third-order valence-corrected chi connectivity index (χ3v) is 4.59. The summed E-state index contributed by atoms with van der Waals surface area (Å²) in [6.45, 7) is 4.24. The Labute approximate surface area is 127 Å². The van der Waals surface area contributed by atoms with Gasteiger partial charge in [0.15, 0.2) is 0 Å². The van der Waals surface area contributed by atoms with E-state index in [0.717, 1.165) is 12.2 Å². The number of methoxy groups -OCH3 is 1. The molecule has 2 heteroatoms. The molecule has 21 heavy (non-hydrogen) atoms. The molecule has 0 spiro atoms. The van der Waals surface area contributed by atoms with Crippen LogP contribution in [0.3, 0.4) is 0 Å². The highest BCUT2D eigenvalue weighted by Gasteiger charge is 2.23. The van der Waals surface area contributed by atoms with Crippen LogP contribution in [0.1, 0.15) is 34.7 Å². The minimum Gasteiger partial charge on any atom is -0.496 e. The number of aryl methyl sites for hydroxylation is 2. The normalized spacial score (nSPS) is 16.9. The van der Waals surface area contributed by atoms with Gasteiger partial charge < -0.3 is 10.1 Å². The number of benzene rings is 2. The van der Waals surface area contributed by atoms with E-state index in [1.54, 1.807) is 7.11 Å². The van der Waals surface area contributed by atoms with Crippen molar-refractivity contribution in [3.8, 4) is 16.9 Å². The Morgan fingerprint density at radius 2 is 1.86 bits per heavy atom. The van der Waals surface area contributed by atoms with Crippen LogP contribution in [0, 0.1) is 13.8 Å². The van der Waals surface area contributed by atoms with E-state index in [2.05, 4.69) is 49.5 Å². The van der Waals surface area contributed by atoms with Crippen LogP contribution >= 0.6 is 0 Å². The molecule has 110 valence electrons. The molecule has 0 aromatic heterocycles. The summed E-state index contributed by atoms with van der Waals surface area (Å²) in [7, 11) is 3.79. The largest absolute Gasteiger partial charge is 0.496 e. The summed E-state index contributed by atoms with van der Waals surface area (Å²) in [5.74, 6) is 0.999. The first-order valence-corrected chi connectivity index (χ1v) is 7.60. The zero-order valence-electron chi connectivity index (χ0n) is 13.3. The van der Waals surface area contributed by atoms with Crippen molar-refractivity contribution in [3.63, 3.8) is 0 Å². The quantitative estimate of drug-likeness (QED) is 0.911. The summed E-state index contributed by atoms with van der Waals surface area (Å²) in [5, 5.41) is 3.42. The molecule has 0 fully saturated rings. The third-order valence-electron chi connectivity index (χ3n) is 4.59. The lowest BCUT2D eigenvalue weighted by Crippen LogP contribution is -2.12. The molecular weight excluding hydrogens is 258 g/mol. The molecule has 1 aliphatic carbocycles. The summed E-state index contributed by atoms with van der Waals surface area (Å²) >= 11 is 0. The first-order valence-electron chi connectivity index (χ1n) is 7.60. The highest BCUT2D eigenvalue weighted by molar-refractivity contribution is 5.72. The first-order chi connectivity index (χ1) is 10.2. The maximum atomic E-state index is 5.48. The molecular formula is C19H23NO. The van der Waals surface area contributed by atoms with Crippen molar-refractivity contribution in [1.82, 2.24) is 5.32 Å². The maximum absolute atomic E-state index is 5.48. The lowest BCUT2D eigenvalue weighted by molar-refractivity contribution is 0.408. The fraction of sp³-hybridized carbons (Fsp3) is 0.368. The fourth-order valence-corrected chi connectivity index (χ4v) is 3.65. The molecule has 2 aromatic carbocycles. The number of nitrogens with one attached hydrogen (secondary N) is 1. The zero-order chi connectivity index (χ0) is 15.0. The second-order valence-corrected chi connectivity index (χ2v) is 5.90. The Morgan fingerprint density at radius 3 is 2.48 bits per heavy atom. The molecule has 1 atom stereocenters. The number of hydrogen-bond acceptors (Lipinski definition) is 2. The number of hydrogen-bond donors (Lipinski definition) is 1. The molecule has 0 bridgehead atoms. The Bertz CT molecular complexity index is 652. The monoisotopic (exact) mass is 281 g/mol.